The van der Waals surface area contributed by atoms with Crippen molar-refractivity contribution < 1.29 is 9.53 Å². The average Bonchev–Trinajstić information content (AvgIpc) is 3.04. The fourth-order valence-electron chi connectivity index (χ4n) is 4.40. The minimum absolute atomic E-state index is 0.0607. The normalized spacial score (nSPS) is 33.5. The van der Waals surface area contributed by atoms with Gasteiger partial charge in [-0.15, -0.1) is 10.2 Å². The summed E-state index contributed by atoms with van der Waals surface area (Å²) in [6.45, 7) is 3.87. The number of nitrogens with one attached hydrogen (secondary N) is 1. The molecule has 1 saturated heterocycles. The molecule has 6 nitrogen and oxygen atoms in total. The first-order chi connectivity index (χ1) is 10.8. The summed E-state index contributed by atoms with van der Waals surface area (Å²) >= 11 is 0. The van der Waals surface area contributed by atoms with Crippen LogP contribution in [0.1, 0.15) is 55.5 Å². The Morgan fingerprint density at radius 2 is 2.27 bits per heavy atom. The molecule has 1 N–H and O–H groups in total. The molecule has 4 atom stereocenters. The molecular weight excluding hydrogens is 280 g/mol. The van der Waals surface area contributed by atoms with Gasteiger partial charge in [-0.1, -0.05) is 13.3 Å². The molecule has 2 fully saturated rings. The minimum Gasteiger partial charge on any atom is -0.377 e. The number of amides is 1. The first-order valence-electron chi connectivity index (χ1n) is 8.64. The molecular formula is C16H24N4O2. The second-order valence-corrected chi connectivity index (χ2v) is 6.76. The van der Waals surface area contributed by atoms with Crippen molar-refractivity contribution in [3.05, 3.63) is 11.6 Å². The molecule has 3 aliphatic rings. The van der Waals surface area contributed by atoms with Gasteiger partial charge in [-0.2, -0.15) is 0 Å². The fourth-order valence-corrected chi connectivity index (χ4v) is 4.40. The number of rotatable bonds is 3. The number of fused-ring (bicyclic) bond motifs is 2. The minimum atomic E-state index is -0.0607. The van der Waals surface area contributed by atoms with Gasteiger partial charge in [-0.25, -0.2) is 0 Å². The van der Waals surface area contributed by atoms with Crippen LogP contribution in [-0.4, -0.2) is 39.4 Å². The highest BCUT2D eigenvalue weighted by Crippen LogP contribution is 2.45. The molecule has 0 radical (unpaired) electrons. The van der Waals surface area contributed by atoms with Gasteiger partial charge in [0.2, 0.25) is 5.82 Å². The van der Waals surface area contributed by atoms with E-state index in [4.69, 9.17) is 4.74 Å². The van der Waals surface area contributed by atoms with Gasteiger partial charge in [-0.05, 0) is 25.7 Å². The van der Waals surface area contributed by atoms with Crippen molar-refractivity contribution in [1.29, 1.82) is 0 Å². The van der Waals surface area contributed by atoms with E-state index in [0.29, 0.717) is 23.8 Å². The van der Waals surface area contributed by atoms with E-state index in [1.807, 2.05) is 4.57 Å². The Hall–Kier alpha value is -1.43. The van der Waals surface area contributed by atoms with Gasteiger partial charge in [0.1, 0.15) is 5.82 Å². The zero-order valence-electron chi connectivity index (χ0n) is 13.1. The summed E-state index contributed by atoms with van der Waals surface area (Å²) in [6, 6.07) is 0.240. The second kappa shape index (κ2) is 5.65. The molecule has 4 rings (SSSR count). The summed E-state index contributed by atoms with van der Waals surface area (Å²) in [7, 11) is 0. The molecule has 0 bridgehead atoms. The van der Waals surface area contributed by atoms with Crippen molar-refractivity contribution in [3.63, 3.8) is 0 Å². The molecule has 1 aromatic rings. The van der Waals surface area contributed by atoms with Gasteiger partial charge in [0.15, 0.2) is 0 Å². The average molecular weight is 304 g/mol. The number of hydrogen-bond donors (Lipinski definition) is 1. The van der Waals surface area contributed by atoms with Crippen molar-refractivity contribution in [2.75, 3.05) is 6.61 Å². The Balaban J connectivity index is 1.50. The maximum absolute atomic E-state index is 12.7. The predicted molar refractivity (Wildman–Crippen MR) is 80.5 cm³/mol. The van der Waals surface area contributed by atoms with Crippen molar-refractivity contribution >= 4 is 5.91 Å². The van der Waals surface area contributed by atoms with Gasteiger partial charge in [0.05, 0.1) is 6.10 Å². The van der Waals surface area contributed by atoms with E-state index in [1.54, 1.807) is 0 Å². The first-order valence-corrected chi connectivity index (χ1v) is 8.64. The van der Waals surface area contributed by atoms with Crippen LogP contribution in [0.4, 0.5) is 0 Å². The lowest BCUT2D eigenvalue weighted by Crippen LogP contribution is -2.61. The van der Waals surface area contributed by atoms with E-state index >= 15 is 0 Å². The molecule has 3 heterocycles. The van der Waals surface area contributed by atoms with E-state index in [2.05, 4.69) is 22.4 Å². The van der Waals surface area contributed by atoms with E-state index in [9.17, 15) is 4.79 Å². The monoisotopic (exact) mass is 304 g/mol. The molecule has 0 unspecified atom stereocenters. The molecule has 6 heteroatoms. The molecule has 1 aliphatic carbocycles. The third-order valence-electron chi connectivity index (χ3n) is 5.61. The summed E-state index contributed by atoms with van der Waals surface area (Å²) in [5, 5.41) is 11.6. The highest BCUT2D eigenvalue weighted by atomic mass is 16.5. The Kier molecular flexibility index (Phi) is 3.64. The Labute approximate surface area is 130 Å². The number of ether oxygens (including phenoxy) is 1. The largest absolute Gasteiger partial charge is 0.377 e. The number of nitrogens with zero attached hydrogens (tertiary/aromatic N) is 3. The van der Waals surface area contributed by atoms with Crippen molar-refractivity contribution in [3.8, 4) is 0 Å². The van der Waals surface area contributed by atoms with Crippen LogP contribution in [0.25, 0.3) is 0 Å². The Bertz CT molecular complexity index is 570. The first kappa shape index (κ1) is 14.2. The predicted octanol–water partition coefficient (Wildman–Crippen LogP) is 1.55. The fraction of sp³-hybridized carbons (Fsp3) is 0.812. The Morgan fingerprint density at radius 3 is 3.14 bits per heavy atom. The summed E-state index contributed by atoms with van der Waals surface area (Å²) in [4.78, 5) is 12.7. The van der Waals surface area contributed by atoms with Gasteiger partial charge >= 0.3 is 0 Å². The topological polar surface area (TPSA) is 69.0 Å². The molecule has 1 saturated carbocycles. The van der Waals surface area contributed by atoms with Crippen LogP contribution in [-0.2, 0) is 17.7 Å². The van der Waals surface area contributed by atoms with E-state index in [-0.39, 0.29) is 11.9 Å². The van der Waals surface area contributed by atoms with Crippen molar-refractivity contribution in [2.45, 2.75) is 64.1 Å². The lowest BCUT2D eigenvalue weighted by atomic mass is 9.65. The van der Waals surface area contributed by atoms with Gasteiger partial charge in [0.25, 0.3) is 5.91 Å². The number of aryl methyl sites for hydroxylation is 1. The van der Waals surface area contributed by atoms with Crippen LogP contribution in [0, 0.1) is 11.8 Å². The van der Waals surface area contributed by atoms with Crippen molar-refractivity contribution in [1.82, 2.24) is 20.1 Å². The standard InChI is InChI=1S/C16H24N4O2/c1-2-10-13(11-7-9-22-14(10)11)17-16(21)15-19-18-12-6-4-3-5-8-20(12)15/h10-11,13-14H,2-9H2,1H3,(H,17,21)/t10-,11+,13-,14-/m1/s1. The molecule has 120 valence electrons. The molecule has 1 aromatic heterocycles. The quantitative estimate of drug-likeness (QED) is 0.920. The van der Waals surface area contributed by atoms with Crippen LogP contribution in [0.2, 0.25) is 0 Å². The van der Waals surface area contributed by atoms with E-state index in [1.165, 1.54) is 6.42 Å². The van der Waals surface area contributed by atoms with Crippen LogP contribution in [0.3, 0.4) is 0 Å². The van der Waals surface area contributed by atoms with E-state index in [0.717, 1.165) is 51.1 Å². The number of carbonyl (C=O) groups is 1. The van der Waals surface area contributed by atoms with Crippen LogP contribution >= 0.6 is 0 Å². The molecule has 0 spiro atoms. The van der Waals surface area contributed by atoms with Gasteiger partial charge in [0, 0.05) is 37.5 Å². The molecule has 1 amide bonds. The lowest BCUT2D eigenvalue weighted by Gasteiger charge is -2.47. The van der Waals surface area contributed by atoms with E-state index < -0.39 is 0 Å². The third kappa shape index (κ3) is 2.16. The maximum atomic E-state index is 12.7. The third-order valence-corrected chi connectivity index (χ3v) is 5.61. The second-order valence-electron chi connectivity index (χ2n) is 6.76. The van der Waals surface area contributed by atoms with Gasteiger partial charge in [-0.3, -0.25) is 4.79 Å². The highest BCUT2D eigenvalue weighted by molar-refractivity contribution is 5.91. The highest BCUT2D eigenvalue weighted by Gasteiger charge is 2.53. The van der Waals surface area contributed by atoms with Gasteiger partial charge < -0.3 is 14.6 Å². The van der Waals surface area contributed by atoms with Crippen LogP contribution in [0.15, 0.2) is 0 Å². The van der Waals surface area contributed by atoms with Crippen molar-refractivity contribution in [2.24, 2.45) is 11.8 Å². The maximum Gasteiger partial charge on any atom is 0.289 e. The van der Waals surface area contributed by atoms with Crippen LogP contribution < -0.4 is 5.32 Å². The lowest BCUT2D eigenvalue weighted by molar-refractivity contribution is -0.0546. The summed E-state index contributed by atoms with van der Waals surface area (Å²) in [6.07, 6.45) is 6.83. The number of carbonyl (C=O) groups excluding carboxylic acids is 1. The summed E-state index contributed by atoms with van der Waals surface area (Å²) < 4.78 is 7.80. The zero-order valence-corrected chi connectivity index (χ0v) is 13.1. The smallest absolute Gasteiger partial charge is 0.289 e. The SMILES string of the molecule is CC[C@@H]1[C@@H](NC(=O)c2nnc3n2CCCCC3)[C@@H]2CCO[C@H]12. The zero-order chi connectivity index (χ0) is 15.1. The number of aromatic nitrogens is 3. The molecule has 22 heavy (non-hydrogen) atoms. The van der Waals surface area contributed by atoms with Crippen LogP contribution in [0.5, 0.6) is 0 Å². The summed E-state index contributed by atoms with van der Waals surface area (Å²) in [5.74, 6) is 2.33. The Morgan fingerprint density at radius 1 is 1.36 bits per heavy atom. The number of hydrogen-bond acceptors (Lipinski definition) is 4. The summed E-state index contributed by atoms with van der Waals surface area (Å²) in [5.41, 5.74) is 0. The molecule has 0 aromatic carbocycles. The molecule has 2 aliphatic heterocycles.